The highest BCUT2D eigenvalue weighted by Crippen LogP contribution is 2.26. The third-order valence-corrected chi connectivity index (χ3v) is 11.7. The topological polar surface area (TPSA) is 29.5 Å². The van der Waals surface area contributed by atoms with Crippen LogP contribution in [0.15, 0.2) is 11.6 Å². The van der Waals surface area contributed by atoms with Gasteiger partial charge in [-0.2, -0.15) is 0 Å². The van der Waals surface area contributed by atoms with Crippen molar-refractivity contribution in [2.45, 2.75) is 229 Å². The molecule has 51 heavy (non-hydrogen) atoms. The van der Waals surface area contributed by atoms with E-state index < -0.39 is 0 Å². The highest BCUT2D eigenvalue weighted by Gasteiger charge is 2.18. The van der Waals surface area contributed by atoms with Gasteiger partial charge in [0.05, 0.1) is 0 Å². The summed E-state index contributed by atoms with van der Waals surface area (Å²) >= 11 is 0. The Hall–Kier alpha value is -0.830. The molecule has 0 saturated heterocycles. The highest BCUT2D eigenvalue weighted by molar-refractivity contribution is 5.69. The molecule has 304 valence electrons. The van der Waals surface area contributed by atoms with Gasteiger partial charge in [-0.05, 0) is 133 Å². The summed E-state index contributed by atoms with van der Waals surface area (Å²) in [4.78, 5) is 15.0. The number of unbranched alkanes of at least 4 members (excludes halogenated alkanes) is 1. The smallest absolute Gasteiger partial charge is 0.306 e. The van der Waals surface area contributed by atoms with E-state index in [2.05, 4.69) is 94.3 Å². The van der Waals surface area contributed by atoms with Gasteiger partial charge in [0.25, 0.3) is 0 Å². The van der Waals surface area contributed by atoms with E-state index in [0.29, 0.717) is 18.3 Å². The zero-order chi connectivity index (χ0) is 38.4. The Morgan fingerprint density at radius 2 is 0.902 bits per heavy atom. The molecule has 0 radical (unpaired) electrons. The van der Waals surface area contributed by atoms with Crippen LogP contribution in [0.3, 0.4) is 0 Å². The average molecular weight is 718 g/mol. The number of hydrogen-bond acceptors (Lipinski definition) is 3. The fraction of sp³-hybridized carbons (Fsp3) is 0.938. The number of ether oxygens (including phenoxy) is 1. The summed E-state index contributed by atoms with van der Waals surface area (Å²) in [5.74, 6) is 5.66. The Morgan fingerprint density at radius 1 is 0.490 bits per heavy atom. The summed E-state index contributed by atoms with van der Waals surface area (Å²) in [6, 6.07) is 0. The van der Waals surface area contributed by atoms with Crippen molar-refractivity contribution >= 4 is 5.97 Å². The van der Waals surface area contributed by atoms with Crippen molar-refractivity contribution in [3.8, 4) is 0 Å². The molecule has 0 spiro atoms. The highest BCUT2D eigenvalue weighted by atomic mass is 16.5. The molecule has 0 aliphatic rings. The van der Waals surface area contributed by atoms with E-state index in [-0.39, 0.29) is 12.1 Å². The molecule has 0 rings (SSSR count). The normalized spacial score (nSPS) is 16.1. The van der Waals surface area contributed by atoms with Gasteiger partial charge in [0.2, 0.25) is 0 Å². The second kappa shape index (κ2) is 32.6. The molecule has 0 N–H and O–H groups in total. The maximum Gasteiger partial charge on any atom is 0.306 e. The van der Waals surface area contributed by atoms with Crippen LogP contribution in [0.4, 0.5) is 0 Å². The number of carbonyl (C=O) groups is 1. The van der Waals surface area contributed by atoms with E-state index in [4.69, 9.17) is 4.74 Å². The van der Waals surface area contributed by atoms with Crippen molar-refractivity contribution in [1.29, 1.82) is 0 Å². The second-order valence-corrected chi connectivity index (χ2v) is 19.1. The summed E-state index contributed by atoms with van der Waals surface area (Å²) in [6.07, 6.45) is 32.4. The van der Waals surface area contributed by atoms with Crippen molar-refractivity contribution in [2.24, 2.45) is 41.4 Å². The van der Waals surface area contributed by atoms with Crippen LogP contribution < -0.4 is 0 Å². The minimum Gasteiger partial charge on any atom is -0.462 e. The van der Waals surface area contributed by atoms with Gasteiger partial charge in [0.1, 0.15) is 6.10 Å². The molecule has 6 unspecified atom stereocenters. The van der Waals surface area contributed by atoms with E-state index in [1.54, 1.807) is 5.57 Å². The molecular weight excluding hydrogens is 623 g/mol. The molecule has 0 saturated carbocycles. The van der Waals surface area contributed by atoms with E-state index in [9.17, 15) is 4.79 Å². The summed E-state index contributed by atoms with van der Waals surface area (Å²) in [5, 5.41) is 0. The molecule has 0 amide bonds. The van der Waals surface area contributed by atoms with Crippen LogP contribution in [-0.4, -0.2) is 37.6 Å². The molecule has 0 aliphatic carbocycles. The van der Waals surface area contributed by atoms with Gasteiger partial charge in [-0.1, -0.05) is 157 Å². The maximum atomic E-state index is 12.9. The molecule has 0 aromatic rings. The summed E-state index contributed by atoms with van der Waals surface area (Å²) < 4.78 is 6.18. The van der Waals surface area contributed by atoms with Crippen LogP contribution in [0.25, 0.3) is 0 Å². The van der Waals surface area contributed by atoms with E-state index in [0.717, 1.165) is 68.2 Å². The predicted octanol–water partition coefficient (Wildman–Crippen LogP) is 15.3. The van der Waals surface area contributed by atoms with Gasteiger partial charge in [-0.15, -0.1) is 0 Å². The molecule has 0 fully saturated rings. The first kappa shape index (κ1) is 50.2. The molecule has 0 heterocycles. The fourth-order valence-electron chi connectivity index (χ4n) is 7.69. The zero-order valence-corrected chi connectivity index (χ0v) is 37.1. The largest absolute Gasteiger partial charge is 0.462 e. The Kier molecular flexibility index (Phi) is 32.1. The van der Waals surface area contributed by atoms with Gasteiger partial charge < -0.3 is 9.64 Å². The Labute approximate surface area is 322 Å². The van der Waals surface area contributed by atoms with Crippen molar-refractivity contribution in [3.63, 3.8) is 0 Å². The summed E-state index contributed by atoms with van der Waals surface area (Å²) in [7, 11) is 4.20. The first-order valence-corrected chi connectivity index (χ1v) is 22.7. The predicted molar refractivity (Wildman–Crippen MR) is 228 cm³/mol. The van der Waals surface area contributed by atoms with Crippen molar-refractivity contribution in [1.82, 2.24) is 4.90 Å². The van der Waals surface area contributed by atoms with E-state index in [1.165, 1.54) is 116 Å². The van der Waals surface area contributed by atoms with Gasteiger partial charge >= 0.3 is 5.97 Å². The summed E-state index contributed by atoms with van der Waals surface area (Å²) in [6.45, 7) is 24.9. The SMILES string of the molecule is CC(=CCCC(C)CCC(CCC(C)CCCC(C)CCCC(C)CCCC(C)C)OC(=O)CCCCN(C)C)CCCC(C)CCCC(C)C. The van der Waals surface area contributed by atoms with Crippen LogP contribution >= 0.6 is 0 Å². The Balaban J connectivity index is 4.58. The van der Waals surface area contributed by atoms with Crippen LogP contribution in [0.2, 0.25) is 0 Å². The number of nitrogens with zero attached hydrogens (tertiary/aromatic N) is 1. The van der Waals surface area contributed by atoms with Crippen molar-refractivity contribution in [2.75, 3.05) is 20.6 Å². The van der Waals surface area contributed by atoms with Crippen LogP contribution in [0.1, 0.15) is 223 Å². The lowest BCUT2D eigenvalue weighted by Crippen LogP contribution is -2.20. The zero-order valence-electron chi connectivity index (χ0n) is 37.1. The van der Waals surface area contributed by atoms with Crippen LogP contribution in [0.5, 0.6) is 0 Å². The minimum atomic E-state index is 0.0231. The molecule has 0 aromatic carbocycles. The first-order valence-electron chi connectivity index (χ1n) is 22.7. The summed E-state index contributed by atoms with van der Waals surface area (Å²) in [5.41, 5.74) is 1.57. The number of allylic oxidation sites excluding steroid dienone is 2. The minimum absolute atomic E-state index is 0.0231. The maximum absolute atomic E-state index is 12.9. The Bertz CT molecular complexity index is 816. The lowest BCUT2D eigenvalue weighted by atomic mass is 9.89. The van der Waals surface area contributed by atoms with Crippen LogP contribution in [0, 0.1) is 41.4 Å². The van der Waals surface area contributed by atoms with Crippen LogP contribution in [-0.2, 0) is 9.53 Å². The first-order chi connectivity index (χ1) is 24.2. The lowest BCUT2D eigenvalue weighted by Gasteiger charge is -2.22. The van der Waals surface area contributed by atoms with Gasteiger partial charge in [0.15, 0.2) is 0 Å². The van der Waals surface area contributed by atoms with Crippen molar-refractivity contribution < 1.29 is 9.53 Å². The number of rotatable bonds is 35. The van der Waals surface area contributed by atoms with Gasteiger partial charge in [-0.25, -0.2) is 0 Å². The number of carbonyl (C=O) groups excluding carboxylic acids is 1. The molecule has 0 aliphatic heterocycles. The van der Waals surface area contributed by atoms with E-state index >= 15 is 0 Å². The number of esters is 1. The fourth-order valence-corrected chi connectivity index (χ4v) is 7.69. The van der Waals surface area contributed by atoms with Gasteiger partial charge in [0, 0.05) is 6.42 Å². The third kappa shape index (κ3) is 34.7. The lowest BCUT2D eigenvalue weighted by molar-refractivity contribution is -0.150. The third-order valence-electron chi connectivity index (χ3n) is 11.7. The molecule has 0 aromatic heterocycles. The van der Waals surface area contributed by atoms with Gasteiger partial charge in [-0.3, -0.25) is 4.79 Å². The standard InChI is InChI=1S/C48H95NO2/c1-39(2)21-15-23-41(5)25-17-27-43(7)29-19-31-45(9)34-36-47(51-48(50)33-13-14-38-49(11)12)37-35-46(10)32-20-30-44(8)28-18-26-42(6)24-16-22-40(3)4/h29,39-42,44-47H,13-28,30-38H2,1-12H3. The molecule has 3 nitrogen and oxygen atoms in total. The second-order valence-electron chi connectivity index (χ2n) is 19.1. The quantitative estimate of drug-likeness (QED) is 0.0371. The molecule has 0 bridgehead atoms. The Morgan fingerprint density at radius 3 is 1.35 bits per heavy atom. The average Bonchev–Trinajstić information content (AvgIpc) is 3.04. The van der Waals surface area contributed by atoms with Crippen molar-refractivity contribution in [3.05, 3.63) is 11.6 Å². The molecular formula is C48H95NO2. The monoisotopic (exact) mass is 718 g/mol. The molecule has 3 heteroatoms. The van der Waals surface area contributed by atoms with E-state index in [1.807, 2.05) is 0 Å². The molecule has 6 atom stereocenters. The number of hydrogen-bond donors (Lipinski definition) is 0.